The third kappa shape index (κ3) is 56.2. The molecule has 0 saturated heterocycles. The molecular formula is C61H103N9. The van der Waals surface area contributed by atoms with Gasteiger partial charge in [-0.1, -0.05) is 138 Å². The highest BCUT2D eigenvalue weighted by Crippen LogP contribution is 2.01. The number of hydrogen-bond acceptors (Lipinski definition) is 9. The van der Waals surface area contributed by atoms with E-state index in [4.69, 9.17) is 0 Å². The van der Waals surface area contributed by atoms with Crippen molar-refractivity contribution in [3.05, 3.63) is 195 Å². The Morgan fingerprint density at radius 3 is 0.700 bits per heavy atom. The second-order valence-electron chi connectivity index (χ2n) is 13.7. The van der Waals surface area contributed by atoms with Crippen LogP contribution in [0.5, 0.6) is 0 Å². The summed E-state index contributed by atoms with van der Waals surface area (Å²) in [6.45, 7) is 56.2. The van der Waals surface area contributed by atoms with Crippen molar-refractivity contribution in [2.24, 2.45) is 0 Å². The Morgan fingerprint density at radius 2 is 0.529 bits per heavy atom. The summed E-state index contributed by atoms with van der Waals surface area (Å²) in [5.41, 5.74) is 16.2. The van der Waals surface area contributed by atoms with Crippen molar-refractivity contribution in [2.75, 3.05) is 0 Å². The largest absolute Gasteiger partial charge is 0.264 e. The van der Waals surface area contributed by atoms with Crippen molar-refractivity contribution >= 4 is 0 Å². The maximum atomic E-state index is 4.04. The Kier molecular flexibility index (Phi) is 65.9. The molecule has 7 rings (SSSR count). The van der Waals surface area contributed by atoms with Crippen LogP contribution >= 0.6 is 0 Å². The smallest absolute Gasteiger partial charge is 0.115 e. The van der Waals surface area contributed by atoms with Crippen molar-refractivity contribution in [3.63, 3.8) is 0 Å². The van der Waals surface area contributed by atoms with Crippen LogP contribution in [-0.4, -0.2) is 45.3 Å². The predicted octanol–water partition coefficient (Wildman–Crippen LogP) is 17.9. The molecule has 0 radical (unpaired) electrons. The molecule has 6 heterocycles. The number of nitrogens with zero attached hydrogens (tertiary/aromatic N) is 9. The molecule has 70 heavy (non-hydrogen) atoms. The van der Waals surface area contributed by atoms with E-state index in [1.807, 2.05) is 221 Å². The van der Waals surface area contributed by atoms with Crippen LogP contribution in [0.25, 0.3) is 0 Å². The highest BCUT2D eigenvalue weighted by molar-refractivity contribution is 5.20. The van der Waals surface area contributed by atoms with Crippen LogP contribution < -0.4 is 0 Å². The molecule has 0 aliphatic rings. The van der Waals surface area contributed by atoms with Gasteiger partial charge in [-0.3, -0.25) is 15.0 Å². The molecule has 7 aromatic rings. The van der Waals surface area contributed by atoms with E-state index in [1.54, 1.807) is 18.7 Å². The van der Waals surface area contributed by atoms with E-state index in [0.29, 0.717) is 0 Å². The van der Waals surface area contributed by atoms with Gasteiger partial charge in [0, 0.05) is 47.6 Å². The van der Waals surface area contributed by atoms with E-state index in [-0.39, 0.29) is 0 Å². The Balaban J connectivity index is -0.000000127. The monoisotopic (exact) mass is 962 g/mol. The first kappa shape index (κ1) is 78.1. The van der Waals surface area contributed by atoms with Crippen LogP contribution in [-0.2, 0) is 0 Å². The van der Waals surface area contributed by atoms with Crippen LogP contribution in [0, 0.1) is 96.9 Å². The zero-order valence-electron chi connectivity index (χ0n) is 50.0. The standard InChI is InChI=1S/C8H10.3C7H9N.3C6H8N2.7C2H6/c1-7-4-3-5-8(2)6-7;1-6-3-7(2)5-8-4-6;2*1-6-3-4-8-7(2)5-6;1-5-3-6(2)8-4-7-5;2*1-5-3-6(2)8-7-4-5;7*1-2/h3-6H,1-2H3;3*3-5H,1-2H3;3*3-4H,1-2H3;7*1-2H3. The summed E-state index contributed by atoms with van der Waals surface area (Å²) in [7, 11) is 0. The highest BCUT2D eigenvalue weighted by atomic mass is 15.1. The molecule has 0 bridgehead atoms. The molecule has 0 fully saturated rings. The minimum Gasteiger partial charge on any atom is -0.264 e. The van der Waals surface area contributed by atoms with E-state index in [2.05, 4.69) is 115 Å². The number of benzene rings is 1. The molecule has 0 amide bonds. The number of pyridine rings is 3. The molecule has 6 aromatic heterocycles. The number of aromatic nitrogens is 9. The molecule has 392 valence electrons. The summed E-state index contributed by atoms with van der Waals surface area (Å²) in [5, 5.41) is 15.0. The fraction of sp³-hybridized carbons (Fsp3) is 0.459. The topological polar surface area (TPSA) is 116 Å². The number of hydrogen-bond donors (Lipinski definition) is 0. The average molecular weight is 963 g/mol. The zero-order valence-corrected chi connectivity index (χ0v) is 50.0. The van der Waals surface area contributed by atoms with Gasteiger partial charge >= 0.3 is 0 Å². The lowest BCUT2D eigenvalue weighted by Gasteiger charge is -1.90. The Labute approximate surface area is 432 Å². The Bertz CT molecular complexity index is 1590. The minimum atomic E-state index is 0.977. The zero-order chi connectivity index (χ0) is 55.9. The molecule has 9 nitrogen and oxygen atoms in total. The van der Waals surface area contributed by atoms with Crippen LogP contribution in [0.15, 0.2) is 116 Å². The summed E-state index contributed by atoms with van der Waals surface area (Å²) in [5.74, 6) is 0. The lowest BCUT2D eigenvalue weighted by Crippen LogP contribution is -1.84. The van der Waals surface area contributed by atoms with Gasteiger partial charge in [0.05, 0.1) is 23.8 Å². The number of aryl methyl sites for hydroxylation is 14. The van der Waals surface area contributed by atoms with Gasteiger partial charge in [0.1, 0.15) is 6.33 Å². The summed E-state index contributed by atoms with van der Waals surface area (Å²) >= 11 is 0. The van der Waals surface area contributed by atoms with Gasteiger partial charge in [-0.15, -0.1) is 0 Å². The minimum absolute atomic E-state index is 0.977. The number of rotatable bonds is 0. The van der Waals surface area contributed by atoms with Crippen molar-refractivity contribution in [2.45, 2.75) is 194 Å². The summed E-state index contributed by atoms with van der Waals surface area (Å²) in [6.07, 6.45) is 12.4. The first-order chi connectivity index (χ1) is 33.5. The third-order valence-corrected chi connectivity index (χ3v) is 7.06. The van der Waals surface area contributed by atoms with Crippen molar-refractivity contribution in [3.8, 4) is 0 Å². The molecule has 1 aromatic carbocycles. The second kappa shape index (κ2) is 59.0. The fourth-order valence-corrected chi connectivity index (χ4v) is 4.69. The molecule has 0 spiro atoms. The Hall–Kier alpha value is -6.09. The molecule has 0 aliphatic heterocycles. The molecular weight excluding hydrogens is 859 g/mol. The molecule has 0 aliphatic carbocycles. The van der Waals surface area contributed by atoms with Gasteiger partial charge < -0.3 is 0 Å². The second-order valence-corrected chi connectivity index (χ2v) is 13.7. The highest BCUT2D eigenvalue weighted by Gasteiger charge is 1.87. The average Bonchev–Trinajstić information content (AvgIpc) is 3.34. The van der Waals surface area contributed by atoms with E-state index < -0.39 is 0 Å². The first-order valence-corrected chi connectivity index (χ1v) is 25.5. The molecule has 9 heteroatoms. The maximum Gasteiger partial charge on any atom is 0.115 e. The normalized spacial score (nSPS) is 8.00. The molecule has 0 atom stereocenters. The SMILES string of the molecule is CC.CC.CC.CC.CC.CC.CC.Cc1cc(C)ncn1.Cc1cccc(C)c1.Cc1ccnc(C)c1.Cc1ccnc(C)c1.Cc1cncc(C)c1.Cc1cnnc(C)c1.Cc1cnnc(C)c1. The summed E-state index contributed by atoms with van der Waals surface area (Å²) in [4.78, 5) is 19.9. The molecule has 0 saturated carbocycles. The quantitative estimate of drug-likeness (QED) is 0.146. The fourth-order valence-electron chi connectivity index (χ4n) is 4.69. The summed E-state index contributed by atoms with van der Waals surface area (Å²) in [6, 6.07) is 24.6. The molecule has 0 N–H and O–H groups in total. The van der Waals surface area contributed by atoms with Crippen molar-refractivity contribution in [1.82, 2.24) is 45.3 Å². The summed E-state index contributed by atoms with van der Waals surface area (Å²) < 4.78 is 0. The van der Waals surface area contributed by atoms with Crippen LogP contribution in [0.1, 0.15) is 176 Å². The van der Waals surface area contributed by atoms with Crippen LogP contribution in [0.3, 0.4) is 0 Å². The van der Waals surface area contributed by atoms with Crippen LogP contribution in [0.4, 0.5) is 0 Å². The van der Waals surface area contributed by atoms with Gasteiger partial charge in [0.25, 0.3) is 0 Å². The van der Waals surface area contributed by atoms with E-state index in [1.165, 1.54) is 33.4 Å². The van der Waals surface area contributed by atoms with Gasteiger partial charge in [0.15, 0.2) is 0 Å². The third-order valence-electron chi connectivity index (χ3n) is 7.06. The Morgan fingerprint density at radius 1 is 0.257 bits per heavy atom. The lowest BCUT2D eigenvalue weighted by molar-refractivity contribution is 0.966. The first-order valence-electron chi connectivity index (χ1n) is 25.5. The van der Waals surface area contributed by atoms with E-state index in [9.17, 15) is 0 Å². The van der Waals surface area contributed by atoms with Gasteiger partial charge in [-0.25, -0.2) is 9.97 Å². The van der Waals surface area contributed by atoms with Crippen LogP contribution in [0.2, 0.25) is 0 Å². The van der Waals surface area contributed by atoms with Gasteiger partial charge in [-0.05, 0) is 173 Å². The van der Waals surface area contributed by atoms with E-state index >= 15 is 0 Å². The maximum absolute atomic E-state index is 4.04. The predicted molar refractivity (Wildman–Crippen MR) is 311 cm³/mol. The van der Waals surface area contributed by atoms with Crippen molar-refractivity contribution in [1.29, 1.82) is 0 Å². The van der Waals surface area contributed by atoms with E-state index in [0.717, 1.165) is 45.3 Å². The van der Waals surface area contributed by atoms with Gasteiger partial charge in [-0.2, -0.15) is 20.4 Å². The van der Waals surface area contributed by atoms with Crippen molar-refractivity contribution < 1.29 is 0 Å². The molecule has 0 unspecified atom stereocenters. The van der Waals surface area contributed by atoms with Gasteiger partial charge in [0.2, 0.25) is 0 Å². The lowest BCUT2D eigenvalue weighted by atomic mass is 10.2.